The Morgan fingerprint density at radius 3 is 1.76 bits per heavy atom. The Morgan fingerprint density at radius 1 is 0.848 bits per heavy atom. The van der Waals surface area contributed by atoms with Crippen LogP contribution < -0.4 is 10.1 Å². The highest BCUT2D eigenvalue weighted by atomic mass is 16.5. The molecule has 2 aromatic rings. The molecule has 0 fully saturated rings. The van der Waals surface area contributed by atoms with Gasteiger partial charge in [0.2, 0.25) is 0 Å². The van der Waals surface area contributed by atoms with Gasteiger partial charge in [0.25, 0.3) is 0 Å². The number of para-hydroxylation sites is 1. The molecule has 0 aliphatic carbocycles. The molecule has 2 aromatic carbocycles. The minimum Gasteiger partial charge on any atom is -0.507 e. The first-order valence-electron chi connectivity index (χ1n) is 12.6. The summed E-state index contributed by atoms with van der Waals surface area (Å²) >= 11 is 0. The van der Waals surface area contributed by atoms with Crippen LogP contribution in [0.25, 0.3) is 0 Å². The molecule has 0 spiro atoms. The van der Waals surface area contributed by atoms with Crippen molar-refractivity contribution in [2.75, 3.05) is 13.2 Å². The number of phenolic OH excluding ortho intramolecular Hbond substituents is 1. The van der Waals surface area contributed by atoms with Gasteiger partial charge in [-0.3, -0.25) is 0 Å². The van der Waals surface area contributed by atoms with E-state index in [4.69, 9.17) is 4.74 Å². The van der Waals surface area contributed by atoms with Gasteiger partial charge >= 0.3 is 0 Å². The standard InChI is InChI=1S/C30H47NO2/c1-20(2)23-13-11-14-24(21(3)4)28(23)33-16-12-15-31-19-22-17-25(29(5,6)7)27(32)26(18-22)30(8,9)10/h11,13-14,17-18,20-21,31-32H,12,15-16,19H2,1-10H3. The van der Waals surface area contributed by atoms with Crippen LogP contribution in [0.5, 0.6) is 11.5 Å². The molecule has 0 bridgehead atoms. The molecule has 184 valence electrons. The van der Waals surface area contributed by atoms with Crippen LogP contribution in [-0.2, 0) is 17.4 Å². The van der Waals surface area contributed by atoms with E-state index in [0.717, 1.165) is 36.4 Å². The monoisotopic (exact) mass is 453 g/mol. The van der Waals surface area contributed by atoms with Gasteiger partial charge in [-0.05, 0) is 63.4 Å². The third-order valence-corrected chi connectivity index (χ3v) is 6.18. The minimum absolute atomic E-state index is 0.105. The fraction of sp³-hybridized carbons (Fsp3) is 0.600. The fourth-order valence-corrected chi connectivity index (χ4v) is 4.19. The molecule has 0 heterocycles. The number of hydrogen-bond acceptors (Lipinski definition) is 3. The van der Waals surface area contributed by atoms with Gasteiger partial charge in [-0.25, -0.2) is 0 Å². The largest absolute Gasteiger partial charge is 0.507 e. The number of nitrogens with one attached hydrogen (secondary N) is 1. The van der Waals surface area contributed by atoms with Crippen molar-refractivity contribution in [2.45, 2.75) is 105 Å². The summed E-state index contributed by atoms with van der Waals surface area (Å²) in [6.07, 6.45) is 0.945. The van der Waals surface area contributed by atoms with Crippen LogP contribution in [0.15, 0.2) is 30.3 Å². The maximum Gasteiger partial charge on any atom is 0.126 e. The Bertz CT molecular complexity index is 853. The van der Waals surface area contributed by atoms with E-state index in [9.17, 15) is 5.11 Å². The minimum atomic E-state index is -0.105. The van der Waals surface area contributed by atoms with E-state index in [1.807, 2.05) is 0 Å². The number of benzene rings is 2. The van der Waals surface area contributed by atoms with E-state index in [-0.39, 0.29) is 10.8 Å². The molecule has 0 aliphatic heterocycles. The van der Waals surface area contributed by atoms with Crippen LogP contribution in [0.1, 0.15) is 115 Å². The third kappa shape index (κ3) is 7.24. The molecule has 0 saturated heterocycles. The Morgan fingerprint density at radius 2 is 1.33 bits per heavy atom. The van der Waals surface area contributed by atoms with Gasteiger partial charge in [0.15, 0.2) is 0 Å². The lowest BCUT2D eigenvalue weighted by Crippen LogP contribution is -2.21. The molecule has 0 atom stereocenters. The SMILES string of the molecule is CC(C)c1cccc(C(C)C)c1OCCCNCc1cc(C(C)(C)C)c(O)c(C(C)(C)C)c1. The normalized spacial score (nSPS) is 12.6. The van der Waals surface area contributed by atoms with E-state index in [0.29, 0.717) is 24.2 Å². The zero-order valence-corrected chi connectivity index (χ0v) is 22.7. The van der Waals surface area contributed by atoms with Gasteiger partial charge < -0.3 is 15.2 Å². The lowest BCUT2D eigenvalue weighted by Gasteiger charge is -2.28. The zero-order valence-electron chi connectivity index (χ0n) is 22.7. The summed E-state index contributed by atoms with van der Waals surface area (Å²) in [6, 6.07) is 10.8. The smallest absolute Gasteiger partial charge is 0.126 e. The summed E-state index contributed by atoms with van der Waals surface area (Å²) in [6.45, 7) is 24.2. The van der Waals surface area contributed by atoms with Gasteiger partial charge in [0.1, 0.15) is 11.5 Å². The Labute approximate surface area is 203 Å². The predicted molar refractivity (Wildman–Crippen MR) is 142 cm³/mol. The van der Waals surface area contributed by atoms with Crippen molar-refractivity contribution in [3.8, 4) is 11.5 Å². The number of ether oxygens (including phenoxy) is 1. The third-order valence-electron chi connectivity index (χ3n) is 6.18. The molecule has 0 saturated carbocycles. The highest BCUT2D eigenvalue weighted by molar-refractivity contribution is 5.50. The second-order valence-corrected chi connectivity index (χ2v) is 12.0. The number of phenols is 1. The van der Waals surface area contributed by atoms with E-state index in [1.54, 1.807) is 0 Å². The summed E-state index contributed by atoms with van der Waals surface area (Å²) in [5.74, 6) is 2.41. The van der Waals surface area contributed by atoms with Crippen molar-refractivity contribution < 1.29 is 9.84 Å². The van der Waals surface area contributed by atoms with Crippen molar-refractivity contribution in [3.05, 3.63) is 58.1 Å². The first kappa shape index (κ1) is 27.2. The van der Waals surface area contributed by atoms with E-state index >= 15 is 0 Å². The van der Waals surface area contributed by atoms with Crippen LogP contribution in [0.2, 0.25) is 0 Å². The molecule has 3 heteroatoms. The first-order chi connectivity index (χ1) is 15.2. The second kappa shape index (κ2) is 11.0. The van der Waals surface area contributed by atoms with Crippen molar-refractivity contribution in [2.24, 2.45) is 0 Å². The lowest BCUT2D eigenvalue weighted by molar-refractivity contribution is 0.300. The zero-order chi connectivity index (χ0) is 25.0. The topological polar surface area (TPSA) is 41.5 Å². The highest BCUT2D eigenvalue weighted by Gasteiger charge is 2.26. The number of aromatic hydroxyl groups is 1. The van der Waals surface area contributed by atoms with Crippen LogP contribution in [0.4, 0.5) is 0 Å². The van der Waals surface area contributed by atoms with E-state index < -0.39 is 0 Å². The molecular formula is C30H47NO2. The molecule has 33 heavy (non-hydrogen) atoms. The van der Waals surface area contributed by atoms with Crippen molar-refractivity contribution >= 4 is 0 Å². The van der Waals surface area contributed by atoms with Crippen molar-refractivity contribution in [1.29, 1.82) is 0 Å². The lowest BCUT2D eigenvalue weighted by atomic mass is 9.78. The second-order valence-electron chi connectivity index (χ2n) is 12.0. The van der Waals surface area contributed by atoms with Gasteiger partial charge in [-0.2, -0.15) is 0 Å². The average molecular weight is 454 g/mol. The van der Waals surface area contributed by atoms with Crippen LogP contribution in [0.3, 0.4) is 0 Å². The molecule has 0 unspecified atom stereocenters. The van der Waals surface area contributed by atoms with Gasteiger partial charge in [0.05, 0.1) is 6.61 Å². The Hall–Kier alpha value is -2.00. The maximum absolute atomic E-state index is 10.9. The molecule has 0 amide bonds. The Kier molecular flexibility index (Phi) is 9.04. The highest BCUT2D eigenvalue weighted by Crippen LogP contribution is 2.40. The van der Waals surface area contributed by atoms with Gasteiger partial charge in [-0.1, -0.05) is 99.6 Å². The Balaban J connectivity index is 2.02. The van der Waals surface area contributed by atoms with Crippen LogP contribution >= 0.6 is 0 Å². The van der Waals surface area contributed by atoms with Gasteiger partial charge in [0, 0.05) is 6.54 Å². The summed E-state index contributed by atoms with van der Waals surface area (Å²) in [4.78, 5) is 0. The molecular weight excluding hydrogens is 406 g/mol. The summed E-state index contributed by atoms with van der Waals surface area (Å²) in [7, 11) is 0. The maximum atomic E-state index is 10.9. The van der Waals surface area contributed by atoms with Crippen molar-refractivity contribution in [3.63, 3.8) is 0 Å². The molecule has 2 N–H and O–H groups in total. The number of hydrogen-bond donors (Lipinski definition) is 2. The summed E-state index contributed by atoms with van der Waals surface area (Å²) in [5, 5.41) is 14.5. The fourth-order valence-electron chi connectivity index (χ4n) is 4.19. The van der Waals surface area contributed by atoms with Crippen LogP contribution in [0, 0.1) is 0 Å². The quantitative estimate of drug-likeness (QED) is 0.381. The first-order valence-corrected chi connectivity index (χ1v) is 12.6. The van der Waals surface area contributed by atoms with E-state index in [2.05, 4.69) is 105 Å². The summed E-state index contributed by atoms with van der Waals surface area (Å²) < 4.78 is 6.31. The average Bonchev–Trinajstić information content (AvgIpc) is 2.69. The number of rotatable bonds is 9. The van der Waals surface area contributed by atoms with Crippen LogP contribution in [-0.4, -0.2) is 18.3 Å². The van der Waals surface area contributed by atoms with E-state index in [1.165, 1.54) is 16.7 Å². The van der Waals surface area contributed by atoms with Gasteiger partial charge in [-0.15, -0.1) is 0 Å². The molecule has 2 rings (SSSR count). The van der Waals surface area contributed by atoms with Crippen molar-refractivity contribution in [1.82, 2.24) is 5.32 Å². The molecule has 3 nitrogen and oxygen atoms in total. The molecule has 0 aromatic heterocycles. The molecule has 0 radical (unpaired) electrons. The predicted octanol–water partition coefficient (Wildman–Crippen LogP) is 7.79. The molecule has 0 aliphatic rings. The summed E-state index contributed by atoms with van der Waals surface area (Å²) in [5.41, 5.74) is 5.63.